The van der Waals surface area contributed by atoms with E-state index in [2.05, 4.69) is 4.98 Å². The van der Waals surface area contributed by atoms with Crippen LogP contribution in [0.2, 0.25) is 0 Å². The van der Waals surface area contributed by atoms with Crippen LogP contribution < -0.4 is 4.90 Å². The molecule has 2 N–H and O–H groups in total. The second-order valence-electron chi connectivity index (χ2n) is 5.41. The molecular formula is C16H14F2N2O3. The standard InChI is InChI=1S/C16H14F2N2O3/c17-9-4-5-12(18)11(6-9)14-7-10(21)8-20(14)15-3-1-2-13(19-15)16(22)23/h1-6,10,14,21H,7-8H2,(H,22,23). The van der Waals surface area contributed by atoms with Crippen molar-refractivity contribution in [3.63, 3.8) is 0 Å². The van der Waals surface area contributed by atoms with Crippen molar-refractivity contribution in [1.82, 2.24) is 4.98 Å². The number of aliphatic hydroxyl groups is 1. The number of aromatic carboxylic acids is 1. The zero-order valence-corrected chi connectivity index (χ0v) is 12.0. The van der Waals surface area contributed by atoms with Crippen molar-refractivity contribution in [3.05, 3.63) is 59.3 Å². The smallest absolute Gasteiger partial charge is 0.354 e. The van der Waals surface area contributed by atoms with Crippen LogP contribution in [0.5, 0.6) is 0 Å². The van der Waals surface area contributed by atoms with Crippen LogP contribution in [0.25, 0.3) is 0 Å². The summed E-state index contributed by atoms with van der Waals surface area (Å²) in [6.45, 7) is 0.163. The summed E-state index contributed by atoms with van der Waals surface area (Å²) in [5.41, 5.74) is -0.0357. The fourth-order valence-electron chi connectivity index (χ4n) is 2.83. The molecule has 0 amide bonds. The third-order valence-electron chi connectivity index (χ3n) is 3.84. The minimum atomic E-state index is -1.18. The van der Waals surface area contributed by atoms with E-state index in [0.29, 0.717) is 5.82 Å². The number of pyridine rings is 1. The van der Waals surface area contributed by atoms with E-state index in [-0.39, 0.29) is 24.2 Å². The molecule has 1 aliphatic heterocycles. The Labute approximate surface area is 130 Å². The van der Waals surface area contributed by atoms with Crippen LogP contribution in [-0.2, 0) is 0 Å². The van der Waals surface area contributed by atoms with Gasteiger partial charge >= 0.3 is 5.97 Å². The molecule has 0 aliphatic carbocycles. The maximum absolute atomic E-state index is 14.1. The molecule has 7 heteroatoms. The fourth-order valence-corrected chi connectivity index (χ4v) is 2.83. The van der Waals surface area contributed by atoms with Crippen molar-refractivity contribution in [2.45, 2.75) is 18.6 Å². The molecule has 2 heterocycles. The van der Waals surface area contributed by atoms with Crippen LogP contribution in [0.4, 0.5) is 14.6 Å². The summed E-state index contributed by atoms with van der Waals surface area (Å²) < 4.78 is 27.5. The third-order valence-corrected chi connectivity index (χ3v) is 3.84. The lowest BCUT2D eigenvalue weighted by Gasteiger charge is -2.26. The maximum atomic E-state index is 14.1. The number of rotatable bonds is 3. The Morgan fingerprint density at radius 2 is 2.04 bits per heavy atom. The van der Waals surface area contributed by atoms with Crippen LogP contribution in [-0.4, -0.2) is 33.8 Å². The summed E-state index contributed by atoms with van der Waals surface area (Å²) in [5.74, 6) is -2.03. The van der Waals surface area contributed by atoms with Crippen molar-refractivity contribution in [2.75, 3.05) is 11.4 Å². The Hall–Kier alpha value is -2.54. The van der Waals surface area contributed by atoms with E-state index in [0.717, 1.165) is 18.2 Å². The van der Waals surface area contributed by atoms with Gasteiger partial charge in [-0.2, -0.15) is 0 Å². The normalized spacial score (nSPS) is 20.7. The van der Waals surface area contributed by atoms with Gasteiger partial charge in [0.05, 0.1) is 12.1 Å². The number of halogens is 2. The van der Waals surface area contributed by atoms with Crippen LogP contribution in [0.1, 0.15) is 28.5 Å². The fraction of sp³-hybridized carbons (Fsp3) is 0.250. The van der Waals surface area contributed by atoms with E-state index in [1.807, 2.05) is 0 Å². The molecule has 2 unspecified atom stereocenters. The monoisotopic (exact) mass is 320 g/mol. The lowest BCUT2D eigenvalue weighted by Crippen LogP contribution is -2.26. The maximum Gasteiger partial charge on any atom is 0.354 e. The molecule has 0 radical (unpaired) electrons. The predicted octanol–water partition coefficient (Wildman–Crippen LogP) is 2.37. The molecule has 1 aromatic carbocycles. The molecule has 3 rings (SSSR count). The van der Waals surface area contributed by atoms with Crippen LogP contribution in [0, 0.1) is 11.6 Å². The van der Waals surface area contributed by atoms with Crippen molar-refractivity contribution in [1.29, 1.82) is 0 Å². The molecule has 0 bridgehead atoms. The molecule has 0 spiro atoms. The Balaban J connectivity index is 2.01. The first kappa shape index (κ1) is 15.4. The molecule has 1 fully saturated rings. The number of nitrogens with zero attached hydrogens (tertiary/aromatic N) is 2. The average Bonchev–Trinajstić information content (AvgIpc) is 2.91. The molecule has 23 heavy (non-hydrogen) atoms. The number of carboxylic acids is 1. The summed E-state index contributed by atoms with van der Waals surface area (Å²) in [6, 6.07) is 6.98. The highest BCUT2D eigenvalue weighted by Gasteiger charge is 2.35. The predicted molar refractivity (Wildman–Crippen MR) is 78.3 cm³/mol. The first-order valence-electron chi connectivity index (χ1n) is 7.05. The zero-order chi connectivity index (χ0) is 16.6. The summed E-state index contributed by atoms with van der Waals surface area (Å²) in [6.07, 6.45) is -0.530. The number of aliphatic hydroxyl groups excluding tert-OH is 1. The van der Waals surface area contributed by atoms with E-state index in [9.17, 15) is 18.7 Å². The lowest BCUT2D eigenvalue weighted by atomic mass is 10.0. The zero-order valence-electron chi connectivity index (χ0n) is 12.0. The van der Waals surface area contributed by atoms with Gasteiger partial charge in [0.25, 0.3) is 0 Å². The largest absolute Gasteiger partial charge is 0.477 e. The van der Waals surface area contributed by atoms with Crippen molar-refractivity contribution in [2.24, 2.45) is 0 Å². The highest BCUT2D eigenvalue weighted by molar-refractivity contribution is 5.85. The Kier molecular flexibility index (Phi) is 3.96. The Morgan fingerprint density at radius 1 is 1.26 bits per heavy atom. The SMILES string of the molecule is O=C(O)c1cccc(N2CC(O)CC2c2cc(F)ccc2F)n1. The molecule has 1 aromatic heterocycles. The van der Waals surface area contributed by atoms with Gasteiger partial charge in [-0.3, -0.25) is 0 Å². The third kappa shape index (κ3) is 3.00. The minimum absolute atomic E-state index is 0.115. The minimum Gasteiger partial charge on any atom is -0.477 e. The summed E-state index contributed by atoms with van der Waals surface area (Å²) in [7, 11) is 0. The van der Waals surface area contributed by atoms with Gasteiger partial charge in [-0.05, 0) is 36.8 Å². The first-order chi connectivity index (χ1) is 11.0. The number of hydrogen-bond donors (Lipinski definition) is 2. The van der Waals surface area contributed by atoms with E-state index < -0.39 is 29.7 Å². The Morgan fingerprint density at radius 3 is 2.78 bits per heavy atom. The number of carbonyl (C=O) groups is 1. The Bertz CT molecular complexity index is 754. The molecule has 2 aromatic rings. The number of benzene rings is 1. The summed E-state index contributed by atoms with van der Waals surface area (Å²) in [4.78, 5) is 16.7. The van der Waals surface area contributed by atoms with Gasteiger partial charge in [-0.15, -0.1) is 0 Å². The van der Waals surface area contributed by atoms with Crippen molar-refractivity contribution >= 4 is 11.8 Å². The highest BCUT2D eigenvalue weighted by atomic mass is 19.1. The van der Waals surface area contributed by atoms with Crippen LogP contribution in [0.15, 0.2) is 36.4 Å². The first-order valence-corrected chi connectivity index (χ1v) is 7.05. The molecule has 1 aliphatic rings. The number of β-amino-alcohol motifs (C(OH)–C–C–N with tert-alkyl or cyclic N) is 1. The van der Waals surface area contributed by atoms with Gasteiger partial charge in [0.15, 0.2) is 5.69 Å². The van der Waals surface area contributed by atoms with Gasteiger partial charge < -0.3 is 15.1 Å². The topological polar surface area (TPSA) is 73.7 Å². The molecule has 5 nitrogen and oxygen atoms in total. The number of carboxylic acid groups (broad SMARTS) is 1. The second-order valence-corrected chi connectivity index (χ2v) is 5.41. The van der Waals surface area contributed by atoms with E-state index in [1.165, 1.54) is 12.1 Å². The summed E-state index contributed by atoms with van der Waals surface area (Å²) in [5, 5.41) is 19.0. The van der Waals surface area contributed by atoms with E-state index in [4.69, 9.17) is 5.11 Å². The van der Waals surface area contributed by atoms with Crippen LogP contribution in [0.3, 0.4) is 0 Å². The number of aromatic nitrogens is 1. The second kappa shape index (κ2) is 5.92. The average molecular weight is 320 g/mol. The van der Waals surface area contributed by atoms with Gasteiger partial charge in [0.2, 0.25) is 0 Å². The van der Waals surface area contributed by atoms with Gasteiger partial charge in [-0.25, -0.2) is 18.6 Å². The highest BCUT2D eigenvalue weighted by Crippen LogP contribution is 2.36. The van der Waals surface area contributed by atoms with Gasteiger partial charge in [0.1, 0.15) is 17.5 Å². The number of hydrogen-bond acceptors (Lipinski definition) is 4. The van der Waals surface area contributed by atoms with Crippen LogP contribution >= 0.6 is 0 Å². The lowest BCUT2D eigenvalue weighted by molar-refractivity contribution is 0.0690. The number of anilines is 1. The van der Waals surface area contributed by atoms with Crippen molar-refractivity contribution < 1.29 is 23.8 Å². The molecular weight excluding hydrogens is 306 g/mol. The van der Waals surface area contributed by atoms with E-state index in [1.54, 1.807) is 11.0 Å². The molecule has 120 valence electrons. The molecule has 2 atom stereocenters. The molecule has 0 saturated carbocycles. The van der Waals surface area contributed by atoms with Crippen molar-refractivity contribution in [3.8, 4) is 0 Å². The molecule has 1 saturated heterocycles. The quantitative estimate of drug-likeness (QED) is 0.908. The van der Waals surface area contributed by atoms with Gasteiger partial charge in [0, 0.05) is 12.1 Å². The summed E-state index contributed by atoms with van der Waals surface area (Å²) >= 11 is 0. The van der Waals surface area contributed by atoms with E-state index >= 15 is 0 Å². The van der Waals surface area contributed by atoms with Gasteiger partial charge in [-0.1, -0.05) is 6.07 Å².